The summed E-state index contributed by atoms with van der Waals surface area (Å²) in [6, 6.07) is 13.0. The van der Waals surface area contributed by atoms with Crippen LogP contribution in [0.15, 0.2) is 67.1 Å². The number of nitrogens with zero attached hydrogens (tertiary/aromatic N) is 2. The summed E-state index contributed by atoms with van der Waals surface area (Å²) in [5.74, 6) is -0.494. The molecule has 0 saturated heterocycles. The van der Waals surface area contributed by atoms with Crippen LogP contribution in [0, 0.1) is 0 Å². The summed E-state index contributed by atoms with van der Waals surface area (Å²) in [5.41, 5.74) is 1.97. The Morgan fingerprint density at radius 1 is 1.05 bits per heavy atom. The van der Waals surface area contributed by atoms with Crippen molar-refractivity contribution >= 4 is 34.8 Å². The molecule has 2 aromatic heterocycles. The molecular weight excluding hydrogens is 478 g/mol. The number of H-pyrrole nitrogens is 2. The summed E-state index contributed by atoms with van der Waals surface area (Å²) in [6.07, 6.45) is 4.62. The van der Waals surface area contributed by atoms with E-state index in [0.717, 1.165) is 16.5 Å². The molecule has 1 atom stereocenters. The number of carbonyl (C=O) groups excluding carboxylic acids is 3. The number of anilines is 1. The molecule has 2 aromatic carbocycles. The quantitative estimate of drug-likeness (QED) is 0.145. The molecule has 0 saturated carbocycles. The van der Waals surface area contributed by atoms with E-state index < -0.39 is 24.0 Å². The number of aromatic amines is 2. The molecule has 4 aromatic rings. The number of ether oxygens (including phenoxy) is 2. The van der Waals surface area contributed by atoms with Gasteiger partial charge in [0, 0.05) is 36.4 Å². The van der Waals surface area contributed by atoms with Crippen molar-refractivity contribution in [3.05, 3.63) is 78.2 Å². The van der Waals surface area contributed by atoms with Gasteiger partial charge in [0.25, 0.3) is 5.91 Å². The number of rotatable bonds is 12. The van der Waals surface area contributed by atoms with Crippen LogP contribution < -0.4 is 16.0 Å². The Hall–Kier alpha value is -4.87. The molecule has 37 heavy (non-hydrogen) atoms. The molecular formula is C25H27N7O5. The van der Waals surface area contributed by atoms with E-state index in [1.165, 1.54) is 0 Å². The van der Waals surface area contributed by atoms with Crippen LogP contribution in [0.5, 0.6) is 0 Å². The first kappa shape index (κ1) is 25.2. The molecule has 1 unspecified atom stereocenters. The number of esters is 1. The standard InChI is InChI=1S/C25H27N7O5/c33-22(18-7-8-20-19(13-18)14-30-32-20)29-15-21(31-25(35)37-16-17-5-2-1-3-6-17)23(34)36-12-4-9-26-24-27-10-11-28-24/h1-3,5-8,10-11,13-14,21H,4,9,12,15-16H2,(H,29,33)(H,30,32)(H,31,35)(H2,26,27,28). The predicted molar refractivity (Wildman–Crippen MR) is 135 cm³/mol. The molecule has 0 radical (unpaired) electrons. The number of alkyl carbamates (subject to hydrolysis) is 1. The van der Waals surface area contributed by atoms with Crippen LogP contribution in [0.3, 0.4) is 0 Å². The van der Waals surface area contributed by atoms with Crippen molar-refractivity contribution in [3.63, 3.8) is 0 Å². The minimum absolute atomic E-state index is 0.0317. The number of amides is 2. The van der Waals surface area contributed by atoms with Gasteiger partial charge in [0.15, 0.2) is 5.95 Å². The second kappa shape index (κ2) is 12.7. The first-order valence-electron chi connectivity index (χ1n) is 11.7. The zero-order valence-electron chi connectivity index (χ0n) is 19.9. The third kappa shape index (κ3) is 7.56. The molecule has 0 spiro atoms. The van der Waals surface area contributed by atoms with Gasteiger partial charge >= 0.3 is 12.1 Å². The van der Waals surface area contributed by atoms with Crippen molar-refractivity contribution in [2.24, 2.45) is 0 Å². The molecule has 4 rings (SSSR count). The molecule has 0 aliphatic heterocycles. The average Bonchev–Trinajstić information content (AvgIpc) is 3.61. The topological polar surface area (TPSA) is 163 Å². The average molecular weight is 506 g/mol. The van der Waals surface area contributed by atoms with Crippen LogP contribution in [0.25, 0.3) is 10.9 Å². The van der Waals surface area contributed by atoms with Gasteiger partial charge in [0.2, 0.25) is 0 Å². The highest BCUT2D eigenvalue weighted by Crippen LogP contribution is 2.12. The van der Waals surface area contributed by atoms with Crippen LogP contribution in [0.1, 0.15) is 22.3 Å². The molecule has 0 aliphatic carbocycles. The molecule has 0 aliphatic rings. The Balaban J connectivity index is 1.30. The lowest BCUT2D eigenvalue weighted by Crippen LogP contribution is -2.49. The summed E-state index contributed by atoms with van der Waals surface area (Å²) in [4.78, 5) is 44.8. The Kier molecular flexibility index (Phi) is 8.68. The van der Waals surface area contributed by atoms with E-state index >= 15 is 0 Å². The van der Waals surface area contributed by atoms with E-state index in [4.69, 9.17) is 9.47 Å². The lowest BCUT2D eigenvalue weighted by molar-refractivity contribution is -0.145. The Morgan fingerprint density at radius 2 is 1.92 bits per heavy atom. The minimum atomic E-state index is -1.15. The lowest BCUT2D eigenvalue weighted by atomic mass is 10.1. The fourth-order valence-electron chi connectivity index (χ4n) is 3.40. The molecule has 12 heteroatoms. The molecule has 0 bridgehead atoms. The molecule has 0 fully saturated rings. The van der Waals surface area contributed by atoms with Crippen LogP contribution in [0.2, 0.25) is 0 Å². The van der Waals surface area contributed by atoms with Crippen molar-refractivity contribution in [1.29, 1.82) is 0 Å². The van der Waals surface area contributed by atoms with Gasteiger partial charge in [-0.05, 0) is 30.2 Å². The van der Waals surface area contributed by atoms with Crippen molar-refractivity contribution in [2.75, 3.05) is 25.0 Å². The molecule has 2 heterocycles. The molecule has 12 nitrogen and oxygen atoms in total. The van der Waals surface area contributed by atoms with E-state index in [0.29, 0.717) is 24.5 Å². The first-order chi connectivity index (χ1) is 18.1. The summed E-state index contributed by atoms with van der Waals surface area (Å²) in [5, 5.41) is 15.7. The predicted octanol–water partition coefficient (Wildman–Crippen LogP) is 2.36. The smallest absolute Gasteiger partial charge is 0.408 e. The lowest BCUT2D eigenvalue weighted by Gasteiger charge is -2.18. The van der Waals surface area contributed by atoms with Gasteiger partial charge < -0.3 is 30.4 Å². The van der Waals surface area contributed by atoms with Crippen molar-refractivity contribution in [1.82, 2.24) is 30.8 Å². The monoisotopic (exact) mass is 505 g/mol. The van der Waals surface area contributed by atoms with Crippen LogP contribution in [-0.4, -0.2) is 63.9 Å². The maximum absolute atomic E-state index is 12.7. The Morgan fingerprint density at radius 3 is 2.73 bits per heavy atom. The second-order valence-electron chi connectivity index (χ2n) is 8.03. The van der Waals surface area contributed by atoms with Gasteiger partial charge in [-0.15, -0.1) is 0 Å². The number of fused-ring (bicyclic) bond motifs is 1. The zero-order valence-corrected chi connectivity index (χ0v) is 19.9. The van der Waals surface area contributed by atoms with Gasteiger partial charge in [-0.2, -0.15) is 5.10 Å². The van der Waals surface area contributed by atoms with Gasteiger partial charge in [-0.25, -0.2) is 14.6 Å². The third-order valence-electron chi connectivity index (χ3n) is 5.31. The van der Waals surface area contributed by atoms with E-state index in [9.17, 15) is 14.4 Å². The van der Waals surface area contributed by atoms with Crippen molar-refractivity contribution in [3.8, 4) is 0 Å². The van der Waals surface area contributed by atoms with Crippen molar-refractivity contribution in [2.45, 2.75) is 19.1 Å². The Labute approximate surface area is 212 Å². The van der Waals surface area contributed by atoms with Gasteiger partial charge in [0.05, 0.1) is 18.3 Å². The van der Waals surface area contributed by atoms with E-state index in [1.807, 2.05) is 30.3 Å². The number of hydrogen-bond acceptors (Lipinski definition) is 8. The van der Waals surface area contributed by atoms with E-state index in [1.54, 1.807) is 36.8 Å². The number of imidazole rings is 1. The molecule has 192 valence electrons. The van der Waals surface area contributed by atoms with E-state index in [2.05, 4.69) is 36.1 Å². The Bertz CT molecular complexity index is 1310. The highest BCUT2D eigenvalue weighted by molar-refractivity contribution is 5.98. The number of benzene rings is 2. The second-order valence-corrected chi connectivity index (χ2v) is 8.03. The third-order valence-corrected chi connectivity index (χ3v) is 5.31. The normalized spacial score (nSPS) is 11.5. The maximum Gasteiger partial charge on any atom is 0.408 e. The minimum Gasteiger partial charge on any atom is -0.464 e. The fraction of sp³-hybridized carbons (Fsp3) is 0.240. The van der Waals surface area contributed by atoms with Crippen LogP contribution >= 0.6 is 0 Å². The number of nitrogens with one attached hydrogen (secondary N) is 5. The molecule has 2 amide bonds. The zero-order chi connectivity index (χ0) is 25.9. The number of hydrogen-bond donors (Lipinski definition) is 5. The largest absolute Gasteiger partial charge is 0.464 e. The highest BCUT2D eigenvalue weighted by atomic mass is 16.6. The van der Waals surface area contributed by atoms with Crippen LogP contribution in [0.4, 0.5) is 10.7 Å². The number of carbonyl (C=O) groups is 3. The fourth-order valence-corrected chi connectivity index (χ4v) is 3.40. The summed E-state index contributed by atoms with van der Waals surface area (Å²) in [6.45, 7) is 0.469. The first-order valence-corrected chi connectivity index (χ1v) is 11.7. The number of aromatic nitrogens is 4. The van der Waals surface area contributed by atoms with Crippen molar-refractivity contribution < 1.29 is 23.9 Å². The van der Waals surface area contributed by atoms with Crippen LogP contribution in [-0.2, 0) is 20.9 Å². The van der Waals surface area contributed by atoms with Gasteiger partial charge in [0.1, 0.15) is 12.6 Å². The molecule has 5 N–H and O–H groups in total. The summed E-state index contributed by atoms with van der Waals surface area (Å²) in [7, 11) is 0. The maximum atomic E-state index is 12.7. The summed E-state index contributed by atoms with van der Waals surface area (Å²) >= 11 is 0. The van der Waals surface area contributed by atoms with Gasteiger partial charge in [-0.3, -0.25) is 9.89 Å². The SMILES string of the molecule is O=C(NC(CNC(=O)c1ccc2[nH]ncc2c1)C(=O)OCCCNc1ncc[nH]1)OCc1ccccc1. The highest BCUT2D eigenvalue weighted by Gasteiger charge is 2.24. The van der Waals surface area contributed by atoms with E-state index in [-0.39, 0.29) is 19.8 Å². The van der Waals surface area contributed by atoms with Gasteiger partial charge in [-0.1, -0.05) is 30.3 Å². The summed E-state index contributed by atoms with van der Waals surface area (Å²) < 4.78 is 10.6.